The van der Waals surface area contributed by atoms with E-state index in [4.69, 9.17) is 0 Å². The summed E-state index contributed by atoms with van der Waals surface area (Å²) in [5.41, 5.74) is 2.90. The van der Waals surface area contributed by atoms with Gasteiger partial charge in [0.2, 0.25) is 0 Å². The highest BCUT2D eigenvalue weighted by Gasteiger charge is 2.21. The smallest absolute Gasteiger partial charge is 0.0110 e. The predicted molar refractivity (Wildman–Crippen MR) is 84.9 cm³/mol. The summed E-state index contributed by atoms with van der Waals surface area (Å²) in [4.78, 5) is 0. The average Bonchev–Trinajstić information content (AvgIpc) is 2.50. The lowest BCUT2D eigenvalue weighted by atomic mass is 9.91. The Morgan fingerprint density at radius 2 is 1.15 bits per heavy atom. The zero-order valence-electron chi connectivity index (χ0n) is 12.0. The number of hydrogen-bond donors (Lipinski definition) is 1. The SMILES string of the molecule is c1ccc(C[C@H]2CCC[C@H](Cc3ccccc3)N2)cc1. The normalized spacial score (nSPS) is 22.6. The molecule has 2 aromatic carbocycles. The molecule has 1 saturated heterocycles. The molecule has 1 nitrogen and oxygen atoms in total. The molecule has 104 valence electrons. The maximum absolute atomic E-state index is 3.85. The highest BCUT2D eigenvalue weighted by atomic mass is 15.0. The molecular formula is C19H23N. The van der Waals surface area contributed by atoms with Crippen LogP contribution in [0.25, 0.3) is 0 Å². The first-order valence-corrected chi connectivity index (χ1v) is 7.74. The van der Waals surface area contributed by atoms with Gasteiger partial charge in [0, 0.05) is 12.1 Å². The van der Waals surface area contributed by atoms with Gasteiger partial charge in [-0.1, -0.05) is 67.1 Å². The van der Waals surface area contributed by atoms with E-state index in [9.17, 15) is 0 Å². The third-order valence-electron chi connectivity index (χ3n) is 4.23. The Kier molecular flexibility index (Phi) is 4.49. The Hall–Kier alpha value is -1.60. The maximum Gasteiger partial charge on any atom is 0.0110 e. The van der Waals surface area contributed by atoms with Crippen LogP contribution in [0.4, 0.5) is 0 Å². The van der Waals surface area contributed by atoms with Crippen molar-refractivity contribution >= 4 is 0 Å². The molecule has 0 aliphatic carbocycles. The first-order valence-electron chi connectivity index (χ1n) is 7.74. The van der Waals surface area contributed by atoms with E-state index in [1.54, 1.807) is 0 Å². The molecule has 0 saturated carbocycles. The van der Waals surface area contributed by atoms with E-state index in [2.05, 4.69) is 66.0 Å². The molecule has 1 aliphatic heterocycles. The van der Waals surface area contributed by atoms with Crippen LogP contribution in [-0.4, -0.2) is 12.1 Å². The van der Waals surface area contributed by atoms with Crippen molar-refractivity contribution in [1.29, 1.82) is 0 Å². The number of hydrogen-bond acceptors (Lipinski definition) is 1. The Balaban J connectivity index is 1.57. The minimum absolute atomic E-state index is 0.639. The molecule has 3 rings (SSSR count). The van der Waals surface area contributed by atoms with Gasteiger partial charge >= 0.3 is 0 Å². The van der Waals surface area contributed by atoms with Crippen LogP contribution >= 0.6 is 0 Å². The van der Waals surface area contributed by atoms with Crippen molar-refractivity contribution < 1.29 is 0 Å². The van der Waals surface area contributed by atoms with Crippen molar-refractivity contribution in [2.45, 2.75) is 44.2 Å². The lowest BCUT2D eigenvalue weighted by Crippen LogP contribution is -2.44. The van der Waals surface area contributed by atoms with Crippen LogP contribution in [0.15, 0.2) is 60.7 Å². The van der Waals surface area contributed by atoms with E-state index in [1.807, 2.05) is 0 Å². The third kappa shape index (κ3) is 3.71. The summed E-state index contributed by atoms with van der Waals surface area (Å²) < 4.78 is 0. The minimum Gasteiger partial charge on any atom is -0.311 e. The van der Waals surface area contributed by atoms with Crippen LogP contribution in [0, 0.1) is 0 Å². The Bertz CT molecular complexity index is 458. The fourth-order valence-corrected chi connectivity index (χ4v) is 3.23. The van der Waals surface area contributed by atoms with Crippen LogP contribution in [0.3, 0.4) is 0 Å². The molecular weight excluding hydrogens is 242 g/mol. The molecule has 1 heterocycles. The second kappa shape index (κ2) is 6.71. The Morgan fingerprint density at radius 1 is 0.700 bits per heavy atom. The second-order valence-electron chi connectivity index (χ2n) is 5.87. The van der Waals surface area contributed by atoms with Gasteiger partial charge < -0.3 is 5.32 Å². The van der Waals surface area contributed by atoms with Crippen LogP contribution in [0.5, 0.6) is 0 Å². The first kappa shape index (κ1) is 13.4. The summed E-state index contributed by atoms with van der Waals surface area (Å²) in [6.45, 7) is 0. The first-order chi connectivity index (χ1) is 9.90. The van der Waals surface area contributed by atoms with E-state index < -0.39 is 0 Å². The molecule has 1 N–H and O–H groups in total. The van der Waals surface area contributed by atoms with Gasteiger partial charge in [-0.15, -0.1) is 0 Å². The zero-order chi connectivity index (χ0) is 13.6. The lowest BCUT2D eigenvalue weighted by molar-refractivity contribution is 0.316. The molecule has 1 aliphatic rings. The van der Waals surface area contributed by atoms with Crippen molar-refractivity contribution in [3.63, 3.8) is 0 Å². The van der Waals surface area contributed by atoms with Gasteiger partial charge in [-0.25, -0.2) is 0 Å². The van der Waals surface area contributed by atoms with Gasteiger partial charge in [0.1, 0.15) is 0 Å². The van der Waals surface area contributed by atoms with Crippen molar-refractivity contribution in [3.8, 4) is 0 Å². The van der Waals surface area contributed by atoms with Gasteiger partial charge in [-0.3, -0.25) is 0 Å². The van der Waals surface area contributed by atoms with Crippen molar-refractivity contribution in [2.75, 3.05) is 0 Å². The molecule has 2 atom stereocenters. The Labute approximate surface area is 122 Å². The topological polar surface area (TPSA) is 12.0 Å². The van der Waals surface area contributed by atoms with Gasteiger partial charge in [0.15, 0.2) is 0 Å². The highest BCUT2D eigenvalue weighted by Crippen LogP contribution is 2.19. The largest absolute Gasteiger partial charge is 0.311 e. The van der Waals surface area contributed by atoms with Crippen molar-refractivity contribution in [3.05, 3.63) is 71.8 Å². The summed E-state index contributed by atoms with van der Waals surface area (Å²) in [7, 11) is 0. The van der Waals surface area contributed by atoms with Crippen LogP contribution < -0.4 is 5.32 Å². The minimum atomic E-state index is 0.639. The standard InChI is InChI=1S/C19H23N/c1-3-8-16(9-4-1)14-18-12-7-13-19(20-18)15-17-10-5-2-6-11-17/h1-6,8-11,18-20H,7,12-15H2/t18-,19-/m1/s1. The van der Waals surface area contributed by atoms with Crippen molar-refractivity contribution in [2.24, 2.45) is 0 Å². The maximum atomic E-state index is 3.85. The quantitative estimate of drug-likeness (QED) is 0.881. The van der Waals surface area contributed by atoms with E-state index in [-0.39, 0.29) is 0 Å². The molecule has 0 radical (unpaired) electrons. The molecule has 0 aromatic heterocycles. The van der Waals surface area contributed by atoms with Gasteiger partial charge in [0.05, 0.1) is 0 Å². The van der Waals surface area contributed by atoms with Gasteiger partial charge in [0.25, 0.3) is 0 Å². The number of piperidine rings is 1. The van der Waals surface area contributed by atoms with Crippen LogP contribution in [0.1, 0.15) is 30.4 Å². The summed E-state index contributed by atoms with van der Waals surface area (Å²) in [5.74, 6) is 0. The summed E-state index contributed by atoms with van der Waals surface area (Å²) >= 11 is 0. The molecule has 20 heavy (non-hydrogen) atoms. The lowest BCUT2D eigenvalue weighted by Gasteiger charge is -2.31. The van der Waals surface area contributed by atoms with E-state index in [1.165, 1.54) is 30.4 Å². The molecule has 0 amide bonds. The molecule has 0 spiro atoms. The second-order valence-corrected chi connectivity index (χ2v) is 5.87. The third-order valence-corrected chi connectivity index (χ3v) is 4.23. The monoisotopic (exact) mass is 265 g/mol. The highest BCUT2D eigenvalue weighted by molar-refractivity contribution is 5.18. The molecule has 2 aromatic rings. The predicted octanol–water partition coefficient (Wildman–Crippen LogP) is 3.98. The fourth-order valence-electron chi connectivity index (χ4n) is 3.23. The van der Waals surface area contributed by atoms with E-state index in [0.29, 0.717) is 12.1 Å². The molecule has 1 heteroatoms. The fraction of sp³-hybridized carbons (Fsp3) is 0.368. The van der Waals surface area contributed by atoms with Gasteiger partial charge in [-0.05, 0) is 36.8 Å². The summed E-state index contributed by atoms with van der Waals surface area (Å²) in [5, 5.41) is 3.85. The number of benzene rings is 2. The molecule has 0 unspecified atom stereocenters. The Morgan fingerprint density at radius 3 is 1.60 bits per heavy atom. The average molecular weight is 265 g/mol. The van der Waals surface area contributed by atoms with Crippen molar-refractivity contribution in [1.82, 2.24) is 5.32 Å². The molecule has 0 bridgehead atoms. The summed E-state index contributed by atoms with van der Waals surface area (Å²) in [6.07, 6.45) is 6.28. The van der Waals surface area contributed by atoms with E-state index >= 15 is 0 Å². The molecule has 1 fully saturated rings. The summed E-state index contributed by atoms with van der Waals surface area (Å²) in [6, 6.07) is 23.0. The number of rotatable bonds is 4. The number of nitrogens with one attached hydrogen (secondary N) is 1. The zero-order valence-corrected chi connectivity index (χ0v) is 12.0. The van der Waals surface area contributed by atoms with Gasteiger partial charge in [-0.2, -0.15) is 0 Å². The van der Waals surface area contributed by atoms with Crippen LogP contribution in [-0.2, 0) is 12.8 Å². The van der Waals surface area contributed by atoms with E-state index in [0.717, 1.165) is 12.8 Å². The van der Waals surface area contributed by atoms with Crippen LogP contribution in [0.2, 0.25) is 0 Å².